The van der Waals surface area contributed by atoms with E-state index in [2.05, 4.69) is 17.0 Å². The first-order valence-electron chi connectivity index (χ1n) is 8.93. The Morgan fingerprint density at radius 1 is 1.22 bits per heavy atom. The second-order valence-corrected chi connectivity index (χ2v) is 6.18. The quantitative estimate of drug-likeness (QED) is 0.543. The zero-order chi connectivity index (χ0) is 19.8. The molecule has 0 bridgehead atoms. The minimum atomic E-state index is -0.524. The molecule has 2 rings (SSSR count). The highest BCUT2D eigenvalue weighted by molar-refractivity contribution is 6.01. The number of carbonyl (C=O) groups excluding carboxylic acids is 2. The molecule has 27 heavy (non-hydrogen) atoms. The summed E-state index contributed by atoms with van der Waals surface area (Å²) in [6, 6.07) is 9.29. The first-order chi connectivity index (χ1) is 13.0. The molecule has 1 heterocycles. The molecule has 0 radical (unpaired) electrons. The summed E-state index contributed by atoms with van der Waals surface area (Å²) in [5.41, 5.74) is 1.93. The van der Waals surface area contributed by atoms with Gasteiger partial charge in [-0.25, -0.2) is 9.48 Å². The zero-order valence-corrected chi connectivity index (χ0v) is 16.1. The highest BCUT2D eigenvalue weighted by Crippen LogP contribution is 2.21. The van der Waals surface area contributed by atoms with Crippen LogP contribution in [0.1, 0.15) is 31.1 Å². The largest absolute Gasteiger partial charge is 0.462 e. The van der Waals surface area contributed by atoms with E-state index in [-0.39, 0.29) is 24.6 Å². The number of rotatable bonds is 9. The third kappa shape index (κ3) is 5.52. The lowest BCUT2D eigenvalue weighted by Crippen LogP contribution is -2.34. The molecule has 2 aromatic rings. The van der Waals surface area contributed by atoms with Gasteiger partial charge in [0, 0.05) is 6.54 Å². The maximum Gasteiger partial charge on any atom is 0.343 e. The van der Waals surface area contributed by atoms with Crippen molar-refractivity contribution in [1.82, 2.24) is 14.7 Å². The average molecular weight is 370 g/mol. The number of aromatic nitrogens is 2. The van der Waals surface area contributed by atoms with E-state index >= 15 is 0 Å². The Hall–Kier alpha value is -2.93. The fraction of sp³-hybridized carbons (Fsp3) is 0.350. The molecule has 0 spiro atoms. The number of esters is 1. The van der Waals surface area contributed by atoms with Crippen LogP contribution in [0.5, 0.6) is 0 Å². The lowest BCUT2D eigenvalue weighted by Gasteiger charge is -2.20. The molecule has 7 heteroatoms. The minimum absolute atomic E-state index is 0.186. The molecule has 1 amide bonds. The molecule has 1 N–H and O–H groups in total. The van der Waals surface area contributed by atoms with Gasteiger partial charge in [0.25, 0.3) is 0 Å². The Labute approximate surface area is 159 Å². The molecule has 144 valence electrons. The number of nitrogens with zero attached hydrogens (tertiary/aromatic N) is 3. The Bertz CT molecular complexity index is 799. The van der Waals surface area contributed by atoms with Crippen molar-refractivity contribution in [3.8, 4) is 5.69 Å². The lowest BCUT2D eigenvalue weighted by atomic mass is 10.3. The second-order valence-electron chi connectivity index (χ2n) is 6.18. The van der Waals surface area contributed by atoms with Gasteiger partial charge in [-0.05, 0) is 32.5 Å². The fourth-order valence-corrected chi connectivity index (χ4v) is 2.63. The van der Waals surface area contributed by atoms with Crippen LogP contribution < -0.4 is 5.32 Å². The first kappa shape index (κ1) is 20.4. The van der Waals surface area contributed by atoms with Gasteiger partial charge >= 0.3 is 5.97 Å². The molecule has 0 fully saturated rings. The first-order valence-corrected chi connectivity index (χ1v) is 8.93. The Balaban J connectivity index is 2.29. The van der Waals surface area contributed by atoms with Crippen LogP contribution in [0.4, 0.5) is 5.82 Å². The number of carbonyl (C=O) groups is 2. The van der Waals surface area contributed by atoms with Crippen molar-refractivity contribution in [2.24, 2.45) is 0 Å². The Morgan fingerprint density at radius 3 is 2.52 bits per heavy atom. The number of hydrogen-bond acceptors (Lipinski definition) is 5. The summed E-state index contributed by atoms with van der Waals surface area (Å²) >= 11 is 0. The van der Waals surface area contributed by atoms with Gasteiger partial charge in [0.05, 0.1) is 25.0 Å². The molecule has 1 aromatic heterocycles. The van der Waals surface area contributed by atoms with Gasteiger partial charge in [-0.15, -0.1) is 0 Å². The Kier molecular flexibility index (Phi) is 7.31. The van der Waals surface area contributed by atoms with Crippen molar-refractivity contribution in [1.29, 1.82) is 0 Å². The molecule has 0 saturated heterocycles. The second kappa shape index (κ2) is 9.68. The molecular formula is C20H26N4O3. The summed E-state index contributed by atoms with van der Waals surface area (Å²) in [4.78, 5) is 26.8. The van der Waals surface area contributed by atoms with E-state index in [1.807, 2.05) is 49.1 Å². The summed E-state index contributed by atoms with van der Waals surface area (Å²) in [5, 5.41) is 7.09. The summed E-state index contributed by atoms with van der Waals surface area (Å²) in [6.07, 6.45) is 1.41. The average Bonchev–Trinajstić information content (AvgIpc) is 3.05. The van der Waals surface area contributed by atoms with Gasteiger partial charge in [0.15, 0.2) is 5.82 Å². The van der Waals surface area contributed by atoms with Crippen LogP contribution in [-0.4, -0.2) is 52.8 Å². The Morgan fingerprint density at radius 2 is 1.93 bits per heavy atom. The van der Waals surface area contributed by atoms with E-state index in [0.717, 1.165) is 11.3 Å². The van der Waals surface area contributed by atoms with Crippen LogP contribution in [0.2, 0.25) is 0 Å². The molecule has 0 unspecified atom stereocenters. The van der Waals surface area contributed by atoms with E-state index in [4.69, 9.17) is 4.74 Å². The van der Waals surface area contributed by atoms with E-state index in [1.54, 1.807) is 6.92 Å². The van der Waals surface area contributed by atoms with Gasteiger partial charge in [-0.1, -0.05) is 37.3 Å². The van der Waals surface area contributed by atoms with Crippen LogP contribution in [0.3, 0.4) is 0 Å². The number of ether oxygens (including phenoxy) is 1. The fourth-order valence-electron chi connectivity index (χ4n) is 2.63. The monoisotopic (exact) mass is 370 g/mol. The molecule has 1 aromatic carbocycles. The van der Waals surface area contributed by atoms with E-state index in [0.29, 0.717) is 18.9 Å². The predicted octanol–water partition coefficient (Wildman–Crippen LogP) is 2.89. The molecule has 0 aliphatic heterocycles. The molecule has 7 nitrogen and oxygen atoms in total. The number of amides is 1. The van der Waals surface area contributed by atoms with Gasteiger partial charge in [0.1, 0.15) is 5.56 Å². The SMILES string of the molecule is C=C(C)CN(CC)CC(=O)Nc1c(C(=O)OCC)cnn1-c1ccccc1. The number of benzene rings is 1. The smallest absolute Gasteiger partial charge is 0.343 e. The summed E-state index contributed by atoms with van der Waals surface area (Å²) in [7, 11) is 0. The van der Waals surface area contributed by atoms with Crippen molar-refractivity contribution >= 4 is 17.7 Å². The molecular weight excluding hydrogens is 344 g/mol. The number of para-hydroxylation sites is 1. The molecule has 0 saturated carbocycles. The van der Waals surface area contributed by atoms with Gasteiger partial charge in [0.2, 0.25) is 5.91 Å². The summed E-state index contributed by atoms with van der Waals surface area (Å²) < 4.78 is 6.62. The highest BCUT2D eigenvalue weighted by atomic mass is 16.5. The predicted molar refractivity (Wildman–Crippen MR) is 105 cm³/mol. The number of hydrogen-bond donors (Lipinski definition) is 1. The van der Waals surface area contributed by atoms with Crippen LogP contribution in [0.25, 0.3) is 5.69 Å². The van der Waals surface area contributed by atoms with Gasteiger partial charge in [-0.3, -0.25) is 9.69 Å². The summed E-state index contributed by atoms with van der Waals surface area (Å²) in [6.45, 7) is 11.3. The van der Waals surface area contributed by atoms with Gasteiger partial charge in [-0.2, -0.15) is 5.10 Å². The van der Waals surface area contributed by atoms with E-state index in [9.17, 15) is 9.59 Å². The van der Waals surface area contributed by atoms with Crippen molar-refractivity contribution in [3.05, 3.63) is 54.2 Å². The standard InChI is InChI=1S/C20H26N4O3/c1-5-23(13-15(3)4)14-18(25)22-19-17(20(26)27-6-2)12-21-24(19)16-10-8-7-9-11-16/h7-12H,3,5-6,13-14H2,1-2,4H3,(H,22,25). The van der Waals surface area contributed by atoms with Crippen LogP contribution in [0.15, 0.2) is 48.7 Å². The van der Waals surface area contributed by atoms with Crippen LogP contribution in [0, 0.1) is 0 Å². The number of anilines is 1. The number of nitrogens with one attached hydrogen (secondary N) is 1. The lowest BCUT2D eigenvalue weighted by molar-refractivity contribution is -0.117. The van der Waals surface area contributed by atoms with E-state index in [1.165, 1.54) is 10.9 Å². The van der Waals surface area contributed by atoms with Crippen molar-refractivity contribution in [2.45, 2.75) is 20.8 Å². The third-order valence-corrected chi connectivity index (χ3v) is 3.83. The zero-order valence-electron chi connectivity index (χ0n) is 16.1. The molecule has 0 aliphatic carbocycles. The van der Waals surface area contributed by atoms with Crippen molar-refractivity contribution in [3.63, 3.8) is 0 Å². The topological polar surface area (TPSA) is 76.5 Å². The highest BCUT2D eigenvalue weighted by Gasteiger charge is 2.22. The van der Waals surface area contributed by atoms with Gasteiger partial charge < -0.3 is 10.1 Å². The molecule has 0 atom stereocenters. The molecule has 0 aliphatic rings. The van der Waals surface area contributed by atoms with Crippen LogP contribution >= 0.6 is 0 Å². The van der Waals surface area contributed by atoms with E-state index < -0.39 is 5.97 Å². The minimum Gasteiger partial charge on any atom is -0.462 e. The van der Waals surface area contributed by atoms with Crippen molar-refractivity contribution in [2.75, 3.05) is 31.6 Å². The maximum absolute atomic E-state index is 12.6. The normalized spacial score (nSPS) is 10.7. The van der Waals surface area contributed by atoms with Crippen LogP contribution in [-0.2, 0) is 9.53 Å². The third-order valence-electron chi connectivity index (χ3n) is 3.83. The maximum atomic E-state index is 12.6. The summed E-state index contributed by atoms with van der Waals surface area (Å²) in [5.74, 6) is -0.457. The van der Waals surface area contributed by atoms with Crippen molar-refractivity contribution < 1.29 is 14.3 Å². The number of likely N-dealkylation sites (N-methyl/N-ethyl adjacent to an activating group) is 1.